The Morgan fingerprint density at radius 3 is 2.79 bits per heavy atom. The minimum Gasteiger partial charge on any atom is -0.165 e. The maximum Gasteiger partial charge on any atom is 0.0282 e. The average Bonchev–Trinajstić information content (AvgIpc) is 2.78. The maximum atomic E-state index is 6.23. The molecule has 14 heavy (non-hydrogen) atoms. The summed E-state index contributed by atoms with van der Waals surface area (Å²) in [5, 5.41) is 0. The highest BCUT2D eigenvalue weighted by molar-refractivity contribution is 7.98. The molecule has 2 bridgehead atoms. The van der Waals surface area contributed by atoms with Gasteiger partial charge in [-0.1, -0.05) is 6.42 Å². The summed E-state index contributed by atoms with van der Waals surface area (Å²) in [6.07, 6.45) is 10.9. The lowest BCUT2D eigenvalue weighted by atomic mass is 9.72. The quantitative estimate of drug-likeness (QED) is 0.506. The molecule has 0 aromatic heterocycles. The van der Waals surface area contributed by atoms with Gasteiger partial charge in [-0.05, 0) is 61.4 Å². The molecule has 0 saturated heterocycles. The van der Waals surface area contributed by atoms with Gasteiger partial charge in [0.05, 0.1) is 0 Å². The molecular weight excluding hydrogens is 212 g/mol. The summed E-state index contributed by atoms with van der Waals surface area (Å²) >= 11 is 8.20. The van der Waals surface area contributed by atoms with E-state index in [1.807, 2.05) is 11.8 Å². The molecule has 0 aliphatic heterocycles. The van der Waals surface area contributed by atoms with Crippen LogP contribution < -0.4 is 0 Å². The number of rotatable bonds is 5. The van der Waals surface area contributed by atoms with Gasteiger partial charge < -0.3 is 0 Å². The molecule has 2 aliphatic rings. The van der Waals surface area contributed by atoms with Crippen molar-refractivity contribution in [3.05, 3.63) is 0 Å². The number of fused-ring (bicyclic) bond motifs is 2. The van der Waals surface area contributed by atoms with Crippen LogP contribution in [-0.2, 0) is 0 Å². The zero-order chi connectivity index (χ0) is 10.0. The summed E-state index contributed by atoms with van der Waals surface area (Å²) < 4.78 is 0. The van der Waals surface area contributed by atoms with Crippen LogP contribution in [0.5, 0.6) is 0 Å². The lowest BCUT2D eigenvalue weighted by Crippen LogP contribution is -2.29. The summed E-state index contributed by atoms with van der Waals surface area (Å²) in [6.45, 7) is 0. The highest BCUT2D eigenvalue weighted by Gasteiger charge is 2.49. The molecule has 2 rings (SSSR count). The first-order valence-corrected chi connectivity index (χ1v) is 7.78. The Labute approximate surface area is 97.2 Å². The molecule has 2 aliphatic carbocycles. The van der Waals surface area contributed by atoms with E-state index in [0.717, 1.165) is 17.7 Å². The van der Waals surface area contributed by atoms with Gasteiger partial charge in [-0.2, -0.15) is 11.8 Å². The van der Waals surface area contributed by atoms with Crippen LogP contribution in [0.15, 0.2) is 0 Å². The lowest BCUT2D eigenvalue weighted by molar-refractivity contribution is 0.177. The second-order valence-electron chi connectivity index (χ2n) is 5.17. The summed E-state index contributed by atoms with van der Waals surface area (Å²) in [6, 6.07) is 0. The summed E-state index contributed by atoms with van der Waals surface area (Å²) in [7, 11) is 0. The normalized spacial score (nSPS) is 40.7. The highest BCUT2D eigenvalue weighted by atomic mass is 35.5. The number of hydrogen-bond acceptors (Lipinski definition) is 1. The summed E-state index contributed by atoms with van der Waals surface area (Å²) in [5.41, 5.74) is 0.556. The van der Waals surface area contributed by atoms with Gasteiger partial charge in [-0.15, -0.1) is 11.6 Å². The molecule has 0 aromatic carbocycles. The SMILES string of the molecule is CSCCCC1(CCl)CC2CCC1C2. The van der Waals surface area contributed by atoms with E-state index >= 15 is 0 Å². The Morgan fingerprint density at radius 2 is 2.29 bits per heavy atom. The van der Waals surface area contributed by atoms with Crippen LogP contribution in [-0.4, -0.2) is 17.9 Å². The predicted octanol–water partition coefficient (Wildman–Crippen LogP) is 4.17. The van der Waals surface area contributed by atoms with Gasteiger partial charge in [0.15, 0.2) is 0 Å². The van der Waals surface area contributed by atoms with E-state index in [-0.39, 0.29) is 0 Å². The van der Waals surface area contributed by atoms with Crippen LogP contribution >= 0.6 is 23.4 Å². The maximum absolute atomic E-state index is 6.23. The molecular formula is C12H21ClS. The topological polar surface area (TPSA) is 0 Å². The predicted molar refractivity (Wildman–Crippen MR) is 66.2 cm³/mol. The van der Waals surface area contributed by atoms with Gasteiger partial charge in [0.25, 0.3) is 0 Å². The third kappa shape index (κ3) is 1.95. The Bertz CT molecular complexity index is 195. The molecule has 2 fully saturated rings. The molecule has 2 heteroatoms. The molecule has 0 nitrogen and oxygen atoms in total. The van der Waals surface area contributed by atoms with E-state index < -0.39 is 0 Å². The molecule has 82 valence electrons. The Balaban J connectivity index is 1.90. The van der Waals surface area contributed by atoms with Crippen molar-refractivity contribution in [2.75, 3.05) is 17.9 Å². The standard InChI is InChI=1S/C12H21ClS/c1-14-6-2-5-12(9-13)8-10-3-4-11(12)7-10/h10-11H,2-9H2,1H3. The number of hydrogen-bond donors (Lipinski definition) is 0. The van der Waals surface area contributed by atoms with Crippen LogP contribution in [0.4, 0.5) is 0 Å². The van der Waals surface area contributed by atoms with Crippen molar-refractivity contribution in [3.8, 4) is 0 Å². The van der Waals surface area contributed by atoms with Crippen molar-refractivity contribution in [1.82, 2.24) is 0 Å². The van der Waals surface area contributed by atoms with Gasteiger partial charge >= 0.3 is 0 Å². The van der Waals surface area contributed by atoms with Crippen LogP contribution in [0.1, 0.15) is 38.5 Å². The molecule has 0 N–H and O–H groups in total. The monoisotopic (exact) mass is 232 g/mol. The first-order chi connectivity index (χ1) is 6.80. The van der Waals surface area contributed by atoms with Gasteiger partial charge in [0, 0.05) is 5.88 Å². The molecule has 2 saturated carbocycles. The Hall–Kier alpha value is 0.640. The van der Waals surface area contributed by atoms with Crippen molar-refractivity contribution >= 4 is 23.4 Å². The largest absolute Gasteiger partial charge is 0.165 e. The number of thioether (sulfide) groups is 1. The fourth-order valence-electron chi connectivity index (χ4n) is 3.66. The molecule has 0 spiro atoms. The van der Waals surface area contributed by atoms with E-state index in [9.17, 15) is 0 Å². The van der Waals surface area contributed by atoms with Crippen LogP contribution in [0.25, 0.3) is 0 Å². The van der Waals surface area contributed by atoms with Gasteiger partial charge in [0.1, 0.15) is 0 Å². The van der Waals surface area contributed by atoms with Crippen LogP contribution in [0.2, 0.25) is 0 Å². The fourth-order valence-corrected chi connectivity index (χ4v) is 4.56. The second-order valence-corrected chi connectivity index (χ2v) is 6.43. The summed E-state index contributed by atoms with van der Waals surface area (Å²) in [5.74, 6) is 4.25. The van der Waals surface area contributed by atoms with Crippen molar-refractivity contribution in [3.63, 3.8) is 0 Å². The van der Waals surface area contributed by atoms with Crippen LogP contribution in [0.3, 0.4) is 0 Å². The first-order valence-electron chi connectivity index (χ1n) is 5.85. The number of halogens is 1. The van der Waals surface area contributed by atoms with Crippen molar-refractivity contribution in [1.29, 1.82) is 0 Å². The second kappa shape index (κ2) is 4.65. The lowest BCUT2D eigenvalue weighted by Gasteiger charge is -2.36. The molecule has 0 heterocycles. The molecule has 0 radical (unpaired) electrons. The van der Waals surface area contributed by atoms with Crippen molar-refractivity contribution in [2.45, 2.75) is 38.5 Å². The summed E-state index contributed by atoms with van der Waals surface area (Å²) in [4.78, 5) is 0. The molecule has 3 unspecified atom stereocenters. The zero-order valence-corrected chi connectivity index (χ0v) is 10.7. The smallest absolute Gasteiger partial charge is 0.0282 e. The minimum absolute atomic E-state index is 0.556. The van der Waals surface area contributed by atoms with Gasteiger partial charge in [0.2, 0.25) is 0 Å². The van der Waals surface area contributed by atoms with E-state index in [1.165, 1.54) is 44.3 Å². The van der Waals surface area contributed by atoms with E-state index in [0.29, 0.717) is 5.41 Å². The van der Waals surface area contributed by atoms with E-state index in [1.54, 1.807) is 0 Å². The van der Waals surface area contributed by atoms with E-state index in [4.69, 9.17) is 11.6 Å². The third-order valence-electron chi connectivity index (χ3n) is 4.39. The molecule has 3 atom stereocenters. The third-order valence-corrected chi connectivity index (χ3v) is 5.62. The van der Waals surface area contributed by atoms with Gasteiger partial charge in [-0.3, -0.25) is 0 Å². The number of alkyl halides is 1. The van der Waals surface area contributed by atoms with Gasteiger partial charge in [-0.25, -0.2) is 0 Å². The first kappa shape index (κ1) is 11.1. The molecule has 0 amide bonds. The Morgan fingerprint density at radius 1 is 1.43 bits per heavy atom. The fraction of sp³-hybridized carbons (Fsp3) is 1.00. The van der Waals surface area contributed by atoms with Crippen molar-refractivity contribution < 1.29 is 0 Å². The van der Waals surface area contributed by atoms with E-state index in [2.05, 4.69) is 6.26 Å². The zero-order valence-electron chi connectivity index (χ0n) is 9.10. The van der Waals surface area contributed by atoms with Crippen molar-refractivity contribution in [2.24, 2.45) is 17.3 Å². The minimum atomic E-state index is 0.556. The average molecular weight is 233 g/mol. The highest BCUT2D eigenvalue weighted by Crippen LogP contribution is 2.58. The molecule has 0 aromatic rings. The Kier molecular flexibility index (Phi) is 3.70. The van der Waals surface area contributed by atoms with Crippen LogP contribution in [0, 0.1) is 17.3 Å².